The summed E-state index contributed by atoms with van der Waals surface area (Å²) in [6, 6.07) is 8.21. The summed E-state index contributed by atoms with van der Waals surface area (Å²) in [5, 5.41) is 12.4. The van der Waals surface area contributed by atoms with Crippen molar-refractivity contribution in [1.82, 2.24) is 10.2 Å². The molecule has 0 heterocycles. The summed E-state index contributed by atoms with van der Waals surface area (Å²) in [5.41, 5.74) is 2.33. The largest absolute Gasteiger partial charge is 0.395 e. The molecule has 2 aliphatic carbocycles. The number of nitrogens with one attached hydrogen (secondary N) is 1. The average molecular weight is 318 g/mol. The van der Waals surface area contributed by atoms with Gasteiger partial charge in [0.05, 0.1) is 18.2 Å². The molecule has 2 N–H and O–H groups in total. The molecule has 1 unspecified atom stereocenters. The number of rotatable bonds is 6. The number of aliphatic hydroxyl groups excluding tert-OH is 1. The van der Waals surface area contributed by atoms with Crippen LogP contribution in [0.3, 0.4) is 0 Å². The SMILES string of the molecule is COC1(CNC(=O)N(CCO)C2CCc3ccccc32)CCC1. The molecule has 2 aliphatic rings. The molecule has 0 radical (unpaired) electrons. The Hall–Kier alpha value is -1.59. The molecule has 3 rings (SSSR count). The smallest absolute Gasteiger partial charge is 0.318 e. The second kappa shape index (κ2) is 6.89. The molecule has 2 amide bonds. The number of methoxy groups -OCH3 is 1. The van der Waals surface area contributed by atoms with Crippen molar-refractivity contribution in [3.63, 3.8) is 0 Å². The van der Waals surface area contributed by atoms with E-state index in [0.29, 0.717) is 13.1 Å². The van der Waals surface area contributed by atoms with Crippen LogP contribution in [0, 0.1) is 0 Å². The number of hydrogen-bond acceptors (Lipinski definition) is 3. The maximum absolute atomic E-state index is 12.7. The summed E-state index contributed by atoms with van der Waals surface area (Å²) in [6.07, 6.45) is 5.05. The van der Waals surface area contributed by atoms with Crippen molar-refractivity contribution in [1.29, 1.82) is 0 Å². The van der Waals surface area contributed by atoms with Crippen molar-refractivity contribution < 1.29 is 14.6 Å². The van der Waals surface area contributed by atoms with Crippen LogP contribution in [0.5, 0.6) is 0 Å². The van der Waals surface area contributed by atoms with Gasteiger partial charge in [-0.25, -0.2) is 4.79 Å². The van der Waals surface area contributed by atoms with E-state index in [0.717, 1.165) is 32.1 Å². The van der Waals surface area contributed by atoms with Gasteiger partial charge in [0.1, 0.15) is 0 Å². The summed E-state index contributed by atoms with van der Waals surface area (Å²) in [4.78, 5) is 14.5. The van der Waals surface area contributed by atoms with E-state index < -0.39 is 0 Å². The minimum atomic E-state index is -0.186. The number of aliphatic hydroxyl groups is 1. The molecule has 1 atom stereocenters. The summed E-state index contributed by atoms with van der Waals surface area (Å²) in [5.74, 6) is 0. The van der Waals surface area contributed by atoms with Gasteiger partial charge in [-0.3, -0.25) is 0 Å². The van der Waals surface area contributed by atoms with E-state index in [-0.39, 0.29) is 24.3 Å². The normalized spacial score (nSPS) is 21.4. The van der Waals surface area contributed by atoms with Gasteiger partial charge in [-0.05, 0) is 43.2 Å². The van der Waals surface area contributed by atoms with Crippen molar-refractivity contribution in [2.75, 3.05) is 26.8 Å². The first-order valence-electron chi connectivity index (χ1n) is 8.47. The zero-order chi connectivity index (χ0) is 16.3. The third-order valence-corrected chi connectivity index (χ3v) is 5.34. The van der Waals surface area contributed by atoms with Gasteiger partial charge in [0.25, 0.3) is 0 Å². The molecule has 23 heavy (non-hydrogen) atoms. The van der Waals surface area contributed by atoms with E-state index in [9.17, 15) is 9.90 Å². The molecule has 1 aromatic rings. The van der Waals surface area contributed by atoms with Crippen molar-refractivity contribution in [2.24, 2.45) is 0 Å². The van der Waals surface area contributed by atoms with E-state index in [1.165, 1.54) is 11.1 Å². The fourth-order valence-corrected chi connectivity index (χ4v) is 3.73. The summed E-state index contributed by atoms with van der Waals surface area (Å²) < 4.78 is 5.56. The van der Waals surface area contributed by atoms with Crippen LogP contribution in [-0.4, -0.2) is 48.4 Å². The van der Waals surface area contributed by atoms with E-state index >= 15 is 0 Å². The minimum Gasteiger partial charge on any atom is -0.395 e. The highest BCUT2D eigenvalue weighted by Gasteiger charge is 2.38. The van der Waals surface area contributed by atoms with Crippen molar-refractivity contribution >= 4 is 6.03 Å². The molecule has 0 aliphatic heterocycles. The lowest BCUT2D eigenvalue weighted by molar-refractivity contribution is -0.0680. The molecule has 5 nitrogen and oxygen atoms in total. The molecule has 0 saturated heterocycles. The monoisotopic (exact) mass is 318 g/mol. The maximum Gasteiger partial charge on any atom is 0.318 e. The Morgan fingerprint density at radius 2 is 2.22 bits per heavy atom. The predicted octanol–water partition coefficient (Wildman–Crippen LogP) is 2.25. The molecule has 126 valence electrons. The topological polar surface area (TPSA) is 61.8 Å². The zero-order valence-corrected chi connectivity index (χ0v) is 13.8. The molecular formula is C18H26N2O3. The van der Waals surface area contributed by atoms with Gasteiger partial charge < -0.3 is 20.1 Å². The summed E-state index contributed by atoms with van der Waals surface area (Å²) in [6.45, 7) is 0.866. The number of nitrogens with zero attached hydrogens (tertiary/aromatic N) is 1. The Labute approximate surface area is 137 Å². The molecule has 1 fully saturated rings. The Kier molecular flexibility index (Phi) is 4.87. The molecule has 1 saturated carbocycles. The molecular weight excluding hydrogens is 292 g/mol. The van der Waals surface area contributed by atoms with Crippen LogP contribution >= 0.6 is 0 Å². The van der Waals surface area contributed by atoms with Crippen molar-refractivity contribution in [3.8, 4) is 0 Å². The van der Waals surface area contributed by atoms with Gasteiger partial charge in [0.2, 0.25) is 0 Å². The van der Waals surface area contributed by atoms with Crippen molar-refractivity contribution in [2.45, 2.75) is 43.7 Å². The standard InChI is InChI=1S/C18H26N2O3/c1-23-18(9-4-10-18)13-19-17(22)20(11-12-21)16-8-7-14-5-2-3-6-15(14)16/h2-3,5-6,16,21H,4,7-13H2,1H3,(H,19,22). The number of carbonyl (C=O) groups excluding carboxylic acids is 1. The Morgan fingerprint density at radius 3 is 2.87 bits per heavy atom. The third-order valence-electron chi connectivity index (χ3n) is 5.34. The lowest BCUT2D eigenvalue weighted by atomic mass is 9.80. The number of fused-ring (bicyclic) bond motifs is 1. The highest BCUT2D eigenvalue weighted by atomic mass is 16.5. The van der Waals surface area contributed by atoms with E-state index in [1.807, 2.05) is 12.1 Å². The molecule has 0 spiro atoms. The fourth-order valence-electron chi connectivity index (χ4n) is 3.73. The molecule has 0 bridgehead atoms. The number of amides is 2. The lowest BCUT2D eigenvalue weighted by Gasteiger charge is -2.41. The average Bonchev–Trinajstić information content (AvgIpc) is 2.95. The van der Waals surface area contributed by atoms with Gasteiger partial charge in [-0.15, -0.1) is 0 Å². The number of hydrogen-bond donors (Lipinski definition) is 2. The number of benzene rings is 1. The number of aryl methyl sites for hydroxylation is 1. The van der Waals surface area contributed by atoms with Crippen LogP contribution in [0.4, 0.5) is 4.79 Å². The Balaban J connectivity index is 1.68. The lowest BCUT2D eigenvalue weighted by Crippen LogP contribution is -2.52. The van der Waals surface area contributed by atoms with Crippen LogP contribution in [0.1, 0.15) is 42.9 Å². The highest BCUT2D eigenvalue weighted by molar-refractivity contribution is 5.75. The van der Waals surface area contributed by atoms with E-state index in [1.54, 1.807) is 12.0 Å². The van der Waals surface area contributed by atoms with Crippen LogP contribution < -0.4 is 5.32 Å². The molecule has 0 aromatic heterocycles. The van der Waals surface area contributed by atoms with Crippen molar-refractivity contribution in [3.05, 3.63) is 35.4 Å². The zero-order valence-electron chi connectivity index (χ0n) is 13.8. The van der Waals surface area contributed by atoms with Gasteiger partial charge in [-0.1, -0.05) is 24.3 Å². The Morgan fingerprint density at radius 1 is 1.43 bits per heavy atom. The predicted molar refractivity (Wildman–Crippen MR) is 88.3 cm³/mol. The quantitative estimate of drug-likeness (QED) is 0.845. The van der Waals surface area contributed by atoms with Gasteiger partial charge in [0, 0.05) is 20.2 Å². The molecule has 1 aromatic carbocycles. The highest BCUT2D eigenvalue weighted by Crippen LogP contribution is 2.36. The first kappa shape index (κ1) is 16.3. The van der Waals surface area contributed by atoms with Gasteiger partial charge in [-0.2, -0.15) is 0 Å². The number of urea groups is 1. The third kappa shape index (κ3) is 3.21. The number of ether oxygens (including phenoxy) is 1. The van der Waals surface area contributed by atoms with Gasteiger partial charge in [0.15, 0.2) is 0 Å². The van der Waals surface area contributed by atoms with Crippen LogP contribution in [0.25, 0.3) is 0 Å². The Bertz CT molecular complexity index is 551. The first-order chi connectivity index (χ1) is 11.2. The molecule has 5 heteroatoms. The van der Waals surface area contributed by atoms with Crippen LogP contribution in [0.15, 0.2) is 24.3 Å². The number of carbonyl (C=O) groups is 1. The van der Waals surface area contributed by atoms with Crippen LogP contribution in [0.2, 0.25) is 0 Å². The summed E-state index contributed by atoms with van der Waals surface area (Å²) >= 11 is 0. The van der Waals surface area contributed by atoms with Gasteiger partial charge >= 0.3 is 6.03 Å². The van der Waals surface area contributed by atoms with E-state index in [2.05, 4.69) is 17.4 Å². The van der Waals surface area contributed by atoms with E-state index in [4.69, 9.17) is 4.74 Å². The minimum absolute atomic E-state index is 0.0263. The second-order valence-corrected chi connectivity index (χ2v) is 6.57. The van der Waals surface area contributed by atoms with Crippen LogP contribution in [-0.2, 0) is 11.2 Å². The fraction of sp³-hybridized carbons (Fsp3) is 0.611. The summed E-state index contributed by atoms with van der Waals surface area (Å²) in [7, 11) is 1.71. The maximum atomic E-state index is 12.7. The first-order valence-corrected chi connectivity index (χ1v) is 8.47. The second-order valence-electron chi connectivity index (χ2n) is 6.57.